The fourth-order valence-electron chi connectivity index (χ4n) is 3.46. The smallest absolute Gasteiger partial charge is 0.323 e. The molecule has 3 rings (SSSR count). The highest BCUT2D eigenvalue weighted by molar-refractivity contribution is 7.92. The van der Waals surface area contributed by atoms with Gasteiger partial charge < -0.3 is 10.2 Å². The Bertz CT molecular complexity index is 1030. The number of amides is 2. The Hall–Kier alpha value is -2.79. The number of sulfonamides is 1. The molecule has 1 heterocycles. The van der Waals surface area contributed by atoms with Crippen molar-refractivity contribution in [2.75, 3.05) is 49.4 Å². The van der Waals surface area contributed by atoms with Gasteiger partial charge in [0.25, 0.3) is 10.0 Å². The van der Waals surface area contributed by atoms with Gasteiger partial charge in [-0.15, -0.1) is 0 Å². The van der Waals surface area contributed by atoms with E-state index in [0.29, 0.717) is 18.7 Å². The van der Waals surface area contributed by atoms with E-state index < -0.39 is 28.8 Å². The summed E-state index contributed by atoms with van der Waals surface area (Å²) in [6.07, 6.45) is -3.87. The number of carbonyl (C=O) groups is 1. The molecule has 32 heavy (non-hydrogen) atoms. The van der Waals surface area contributed by atoms with Gasteiger partial charge in [0.05, 0.1) is 17.1 Å². The van der Waals surface area contributed by atoms with Gasteiger partial charge in [-0.1, -0.05) is 24.3 Å². The van der Waals surface area contributed by atoms with Crippen LogP contribution in [0, 0.1) is 0 Å². The Labute approximate surface area is 185 Å². The summed E-state index contributed by atoms with van der Waals surface area (Å²) in [7, 11) is -2.41. The molecule has 0 aliphatic carbocycles. The minimum atomic E-state index is -4.28. The van der Waals surface area contributed by atoms with E-state index in [1.165, 1.54) is 35.0 Å². The number of urea groups is 1. The molecule has 0 aromatic heterocycles. The van der Waals surface area contributed by atoms with Gasteiger partial charge >= 0.3 is 12.2 Å². The van der Waals surface area contributed by atoms with Crippen molar-refractivity contribution >= 4 is 27.4 Å². The Morgan fingerprint density at radius 2 is 1.75 bits per heavy atom. The largest absolute Gasteiger partial charge is 0.401 e. The van der Waals surface area contributed by atoms with E-state index in [4.69, 9.17) is 0 Å². The number of nitrogens with one attached hydrogen (secondary N) is 1. The molecule has 0 atom stereocenters. The van der Waals surface area contributed by atoms with Gasteiger partial charge in [-0.3, -0.25) is 9.21 Å². The normalized spacial score (nSPS) is 15.8. The molecular formula is C21H25F3N4O3S. The van der Waals surface area contributed by atoms with Gasteiger partial charge in [0.15, 0.2) is 0 Å². The number of benzene rings is 2. The molecule has 2 aromatic rings. The Morgan fingerprint density at radius 3 is 2.44 bits per heavy atom. The van der Waals surface area contributed by atoms with Gasteiger partial charge in [0.2, 0.25) is 0 Å². The van der Waals surface area contributed by atoms with Gasteiger partial charge in [-0.2, -0.15) is 13.2 Å². The number of carbonyl (C=O) groups excluding carboxylic acids is 1. The van der Waals surface area contributed by atoms with Crippen LogP contribution in [0.25, 0.3) is 0 Å². The number of hydrogen-bond acceptors (Lipinski definition) is 4. The SMILES string of the molecule is CN(c1ccccc1)S(=O)(=O)c1cccc(NC(=O)N2CCCN(CC(F)(F)F)CC2)c1. The summed E-state index contributed by atoms with van der Waals surface area (Å²) in [5, 5.41) is 2.66. The van der Waals surface area contributed by atoms with Gasteiger partial charge in [-0.25, -0.2) is 13.2 Å². The minimum absolute atomic E-state index is 0.00821. The molecular weight excluding hydrogens is 445 g/mol. The van der Waals surface area contributed by atoms with Crippen LogP contribution in [0.3, 0.4) is 0 Å². The number of alkyl halides is 3. The molecule has 11 heteroatoms. The quantitative estimate of drug-likeness (QED) is 0.725. The lowest BCUT2D eigenvalue weighted by Crippen LogP contribution is -2.40. The molecule has 0 bridgehead atoms. The van der Waals surface area contributed by atoms with Crippen LogP contribution in [-0.4, -0.2) is 70.2 Å². The van der Waals surface area contributed by atoms with Crippen LogP contribution in [0.15, 0.2) is 59.5 Å². The number of nitrogens with zero attached hydrogens (tertiary/aromatic N) is 3. The van der Waals surface area contributed by atoms with Crippen molar-refractivity contribution in [1.29, 1.82) is 0 Å². The molecule has 0 saturated carbocycles. The lowest BCUT2D eigenvalue weighted by atomic mass is 10.3. The van der Waals surface area contributed by atoms with E-state index in [1.807, 2.05) is 0 Å². The molecule has 0 radical (unpaired) electrons. The second-order valence-electron chi connectivity index (χ2n) is 7.50. The number of rotatable bonds is 5. The third kappa shape index (κ3) is 6.13. The highest BCUT2D eigenvalue weighted by Gasteiger charge is 2.32. The van der Waals surface area contributed by atoms with Crippen LogP contribution in [0.1, 0.15) is 6.42 Å². The maximum absolute atomic E-state index is 13.0. The number of anilines is 2. The van der Waals surface area contributed by atoms with Crippen LogP contribution < -0.4 is 9.62 Å². The molecule has 1 saturated heterocycles. The lowest BCUT2D eigenvalue weighted by Gasteiger charge is -2.23. The Kier molecular flexibility index (Phi) is 7.29. The molecule has 174 valence electrons. The fraction of sp³-hybridized carbons (Fsp3) is 0.381. The third-order valence-electron chi connectivity index (χ3n) is 5.14. The van der Waals surface area contributed by atoms with Crippen molar-refractivity contribution in [3.8, 4) is 0 Å². The van der Waals surface area contributed by atoms with E-state index in [0.717, 1.165) is 4.31 Å². The molecule has 1 aliphatic rings. The van der Waals surface area contributed by atoms with Gasteiger partial charge in [0.1, 0.15) is 0 Å². The van der Waals surface area contributed by atoms with Crippen LogP contribution in [0.2, 0.25) is 0 Å². The van der Waals surface area contributed by atoms with Crippen LogP contribution in [0.4, 0.5) is 29.3 Å². The van der Waals surface area contributed by atoms with Gasteiger partial charge in [-0.05, 0) is 36.8 Å². The molecule has 1 fully saturated rings. The average molecular weight is 471 g/mol. The van der Waals surface area contributed by atoms with E-state index in [2.05, 4.69) is 5.32 Å². The van der Waals surface area contributed by atoms with E-state index >= 15 is 0 Å². The summed E-state index contributed by atoms with van der Waals surface area (Å²) >= 11 is 0. The molecule has 0 spiro atoms. The van der Waals surface area contributed by atoms with Gasteiger partial charge in [0, 0.05) is 38.9 Å². The van der Waals surface area contributed by atoms with Crippen molar-refractivity contribution in [3.63, 3.8) is 0 Å². The Balaban J connectivity index is 1.67. The van der Waals surface area contributed by atoms with Crippen molar-refractivity contribution in [2.45, 2.75) is 17.5 Å². The number of hydrogen-bond donors (Lipinski definition) is 1. The van der Waals surface area contributed by atoms with Crippen molar-refractivity contribution in [3.05, 3.63) is 54.6 Å². The van der Waals surface area contributed by atoms with E-state index in [-0.39, 0.29) is 30.2 Å². The highest BCUT2D eigenvalue weighted by atomic mass is 32.2. The Morgan fingerprint density at radius 1 is 1.03 bits per heavy atom. The maximum Gasteiger partial charge on any atom is 0.401 e. The summed E-state index contributed by atoms with van der Waals surface area (Å²) < 4.78 is 65.0. The molecule has 2 amide bonds. The van der Waals surface area contributed by atoms with Crippen LogP contribution in [-0.2, 0) is 10.0 Å². The summed E-state index contributed by atoms with van der Waals surface area (Å²) in [5.74, 6) is 0. The van der Waals surface area contributed by atoms with Crippen molar-refractivity contribution in [1.82, 2.24) is 9.80 Å². The number of para-hydroxylation sites is 1. The molecule has 2 aromatic carbocycles. The van der Waals surface area contributed by atoms with Crippen molar-refractivity contribution < 1.29 is 26.4 Å². The predicted molar refractivity (Wildman–Crippen MR) is 116 cm³/mol. The monoisotopic (exact) mass is 470 g/mol. The molecule has 1 N–H and O–H groups in total. The second kappa shape index (κ2) is 9.78. The lowest BCUT2D eigenvalue weighted by molar-refractivity contribution is -0.145. The van der Waals surface area contributed by atoms with Crippen molar-refractivity contribution in [2.24, 2.45) is 0 Å². The van der Waals surface area contributed by atoms with Crippen LogP contribution in [0.5, 0.6) is 0 Å². The summed E-state index contributed by atoms with van der Waals surface area (Å²) in [6, 6.07) is 14.0. The summed E-state index contributed by atoms with van der Waals surface area (Å²) in [6.45, 7) is -0.172. The zero-order valence-corrected chi connectivity index (χ0v) is 18.4. The average Bonchev–Trinajstić information content (AvgIpc) is 2.98. The second-order valence-corrected chi connectivity index (χ2v) is 9.47. The summed E-state index contributed by atoms with van der Waals surface area (Å²) in [5.41, 5.74) is 0.781. The topological polar surface area (TPSA) is 73.0 Å². The third-order valence-corrected chi connectivity index (χ3v) is 6.92. The van der Waals surface area contributed by atoms with E-state index in [1.54, 1.807) is 36.4 Å². The zero-order chi connectivity index (χ0) is 23.4. The number of halogens is 3. The molecule has 1 aliphatic heterocycles. The fourth-order valence-corrected chi connectivity index (χ4v) is 4.70. The minimum Gasteiger partial charge on any atom is -0.323 e. The van der Waals surface area contributed by atoms with E-state index in [9.17, 15) is 26.4 Å². The zero-order valence-electron chi connectivity index (χ0n) is 17.5. The first-order valence-corrected chi connectivity index (χ1v) is 11.5. The standard InChI is InChI=1S/C21H25F3N4O3S/c1-26(18-8-3-2-4-9-18)32(30,31)19-10-5-7-17(15-19)25-20(29)28-12-6-11-27(13-14-28)16-21(22,23)24/h2-5,7-10,15H,6,11-14,16H2,1H3,(H,25,29). The maximum atomic E-state index is 13.0. The predicted octanol–water partition coefficient (Wildman–Crippen LogP) is 3.61. The summed E-state index contributed by atoms with van der Waals surface area (Å²) in [4.78, 5) is 15.4. The first kappa shape index (κ1) is 23.9. The molecule has 7 nitrogen and oxygen atoms in total. The molecule has 0 unspecified atom stereocenters. The first-order valence-electron chi connectivity index (χ1n) is 10.1. The first-order chi connectivity index (χ1) is 15.1. The van der Waals surface area contributed by atoms with Crippen LogP contribution >= 0.6 is 0 Å². The highest BCUT2D eigenvalue weighted by Crippen LogP contribution is 2.24.